The van der Waals surface area contributed by atoms with Gasteiger partial charge in [-0.1, -0.05) is 24.6 Å². The van der Waals surface area contributed by atoms with Crippen molar-refractivity contribution in [2.75, 3.05) is 11.9 Å². The molecule has 1 N–H and O–H groups in total. The molecule has 21 heavy (non-hydrogen) atoms. The van der Waals surface area contributed by atoms with Gasteiger partial charge in [-0.25, -0.2) is 0 Å². The van der Waals surface area contributed by atoms with Crippen LogP contribution in [0.2, 0.25) is 5.02 Å². The molecule has 0 saturated heterocycles. The standard InChI is InChI=1S/C16H18ClNO3/c1-3-21-16(20)15-10(2)7-13(9-14(15)19)18-12-6-4-5-11(17)8-12/h4-6,8-10,15,18H,3,7H2,1-2H3/t10-,15+/m1/s1. The molecule has 1 aromatic carbocycles. The summed E-state index contributed by atoms with van der Waals surface area (Å²) in [5, 5.41) is 3.80. The van der Waals surface area contributed by atoms with E-state index in [-0.39, 0.29) is 18.3 Å². The van der Waals surface area contributed by atoms with E-state index in [1.165, 1.54) is 6.08 Å². The molecule has 2 rings (SSSR count). The number of nitrogens with one attached hydrogen (secondary N) is 1. The largest absolute Gasteiger partial charge is 0.465 e. The van der Waals surface area contributed by atoms with Crippen molar-refractivity contribution in [3.63, 3.8) is 0 Å². The van der Waals surface area contributed by atoms with E-state index in [2.05, 4.69) is 5.32 Å². The highest BCUT2D eigenvalue weighted by Crippen LogP contribution is 2.29. The Labute approximate surface area is 129 Å². The molecule has 0 amide bonds. The number of ketones is 1. The minimum Gasteiger partial charge on any atom is -0.465 e. The Hall–Kier alpha value is -1.81. The lowest BCUT2D eigenvalue weighted by Gasteiger charge is -2.26. The van der Waals surface area contributed by atoms with Gasteiger partial charge in [0, 0.05) is 22.5 Å². The third-order valence-corrected chi connectivity index (χ3v) is 3.64. The number of anilines is 1. The molecule has 0 aromatic heterocycles. The fourth-order valence-corrected chi connectivity index (χ4v) is 2.68. The monoisotopic (exact) mass is 307 g/mol. The smallest absolute Gasteiger partial charge is 0.317 e. The quantitative estimate of drug-likeness (QED) is 0.684. The summed E-state index contributed by atoms with van der Waals surface area (Å²) in [4.78, 5) is 24.0. The molecule has 112 valence electrons. The van der Waals surface area contributed by atoms with Crippen LogP contribution in [-0.4, -0.2) is 18.4 Å². The van der Waals surface area contributed by atoms with Crippen molar-refractivity contribution in [3.8, 4) is 0 Å². The van der Waals surface area contributed by atoms with Crippen molar-refractivity contribution in [3.05, 3.63) is 41.1 Å². The summed E-state index contributed by atoms with van der Waals surface area (Å²) in [5.74, 6) is -1.44. The van der Waals surface area contributed by atoms with Crippen molar-refractivity contribution in [2.45, 2.75) is 20.3 Å². The highest BCUT2D eigenvalue weighted by molar-refractivity contribution is 6.30. The van der Waals surface area contributed by atoms with Gasteiger partial charge in [-0.15, -0.1) is 0 Å². The normalized spacial score (nSPS) is 21.7. The van der Waals surface area contributed by atoms with Gasteiger partial charge in [0.1, 0.15) is 5.92 Å². The molecule has 0 saturated carbocycles. The molecule has 0 spiro atoms. The molecule has 0 unspecified atom stereocenters. The fraction of sp³-hybridized carbons (Fsp3) is 0.375. The average molecular weight is 308 g/mol. The zero-order chi connectivity index (χ0) is 15.4. The second-order valence-electron chi connectivity index (χ2n) is 5.12. The molecule has 0 radical (unpaired) electrons. The highest BCUT2D eigenvalue weighted by Gasteiger charge is 2.36. The zero-order valence-corrected chi connectivity index (χ0v) is 12.8. The molecule has 1 aliphatic carbocycles. The first kappa shape index (κ1) is 15.6. The zero-order valence-electron chi connectivity index (χ0n) is 12.1. The van der Waals surface area contributed by atoms with E-state index in [4.69, 9.17) is 16.3 Å². The van der Waals surface area contributed by atoms with Crippen LogP contribution < -0.4 is 5.32 Å². The summed E-state index contributed by atoms with van der Waals surface area (Å²) in [5.41, 5.74) is 1.61. The van der Waals surface area contributed by atoms with E-state index in [1.54, 1.807) is 19.1 Å². The van der Waals surface area contributed by atoms with Crippen LogP contribution in [0.5, 0.6) is 0 Å². The Balaban J connectivity index is 2.12. The summed E-state index contributed by atoms with van der Waals surface area (Å²) in [6.07, 6.45) is 2.10. The van der Waals surface area contributed by atoms with Crippen molar-refractivity contribution in [1.29, 1.82) is 0 Å². The van der Waals surface area contributed by atoms with E-state index < -0.39 is 11.9 Å². The molecule has 5 heteroatoms. The van der Waals surface area contributed by atoms with E-state index in [0.29, 0.717) is 11.4 Å². The Morgan fingerprint density at radius 1 is 1.48 bits per heavy atom. The van der Waals surface area contributed by atoms with Gasteiger partial charge >= 0.3 is 5.97 Å². The molecule has 0 aliphatic heterocycles. The topological polar surface area (TPSA) is 55.4 Å². The lowest BCUT2D eigenvalue weighted by atomic mass is 9.82. The summed E-state index contributed by atoms with van der Waals surface area (Å²) in [6, 6.07) is 7.28. The van der Waals surface area contributed by atoms with Gasteiger partial charge in [0.05, 0.1) is 6.61 Å². The molecule has 0 heterocycles. The number of allylic oxidation sites excluding steroid dienone is 2. The van der Waals surface area contributed by atoms with Gasteiger partial charge in [-0.05, 0) is 37.5 Å². The summed E-state index contributed by atoms with van der Waals surface area (Å²) < 4.78 is 4.96. The first-order valence-electron chi connectivity index (χ1n) is 6.95. The number of halogens is 1. The Bertz CT molecular complexity index is 583. The van der Waals surface area contributed by atoms with Crippen molar-refractivity contribution in [1.82, 2.24) is 0 Å². The van der Waals surface area contributed by atoms with Gasteiger partial charge in [0.15, 0.2) is 5.78 Å². The number of ether oxygens (including phenoxy) is 1. The summed E-state index contributed by atoms with van der Waals surface area (Å²) in [6.45, 7) is 3.90. The molecule has 0 fully saturated rings. The predicted molar refractivity (Wildman–Crippen MR) is 82.1 cm³/mol. The van der Waals surface area contributed by atoms with Crippen LogP contribution in [-0.2, 0) is 14.3 Å². The van der Waals surface area contributed by atoms with E-state index in [0.717, 1.165) is 11.4 Å². The van der Waals surface area contributed by atoms with Crippen LogP contribution in [0, 0.1) is 11.8 Å². The van der Waals surface area contributed by atoms with Crippen LogP contribution in [0.25, 0.3) is 0 Å². The van der Waals surface area contributed by atoms with Gasteiger partial charge in [0.2, 0.25) is 0 Å². The predicted octanol–water partition coefficient (Wildman–Crippen LogP) is 3.42. The van der Waals surface area contributed by atoms with Gasteiger partial charge < -0.3 is 10.1 Å². The molecule has 4 nitrogen and oxygen atoms in total. The van der Waals surface area contributed by atoms with E-state index in [1.807, 2.05) is 19.1 Å². The molecular weight excluding hydrogens is 290 g/mol. The maximum atomic E-state index is 12.1. The maximum Gasteiger partial charge on any atom is 0.317 e. The maximum absolute atomic E-state index is 12.1. The van der Waals surface area contributed by atoms with Crippen LogP contribution in [0.1, 0.15) is 20.3 Å². The van der Waals surface area contributed by atoms with Crippen molar-refractivity contribution in [2.24, 2.45) is 11.8 Å². The number of carbonyl (C=O) groups is 2. The van der Waals surface area contributed by atoms with Gasteiger partial charge in [-0.2, -0.15) is 0 Å². The lowest BCUT2D eigenvalue weighted by molar-refractivity contribution is -0.152. The average Bonchev–Trinajstić information content (AvgIpc) is 2.38. The van der Waals surface area contributed by atoms with Crippen molar-refractivity contribution < 1.29 is 14.3 Å². The molecular formula is C16H18ClNO3. The minimum atomic E-state index is -0.699. The Morgan fingerprint density at radius 2 is 2.24 bits per heavy atom. The number of esters is 1. The third kappa shape index (κ3) is 3.85. The molecule has 1 aromatic rings. The van der Waals surface area contributed by atoms with Crippen LogP contribution in [0.15, 0.2) is 36.0 Å². The number of carbonyl (C=O) groups excluding carboxylic acids is 2. The first-order chi connectivity index (χ1) is 10.0. The van der Waals surface area contributed by atoms with Crippen LogP contribution in [0.4, 0.5) is 5.69 Å². The van der Waals surface area contributed by atoms with E-state index in [9.17, 15) is 9.59 Å². The Kier molecular flexibility index (Phi) is 5.02. The second-order valence-corrected chi connectivity index (χ2v) is 5.55. The summed E-state index contributed by atoms with van der Waals surface area (Å²) >= 11 is 5.93. The molecule has 0 bridgehead atoms. The first-order valence-corrected chi connectivity index (χ1v) is 7.32. The second kappa shape index (κ2) is 6.76. The number of hydrogen-bond donors (Lipinski definition) is 1. The SMILES string of the molecule is CCOC(=O)[C@@H]1C(=O)C=C(Nc2cccc(Cl)c2)C[C@H]1C. The number of benzene rings is 1. The minimum absolute atomic E-state index is 0.0942. The Morgan fingerprint density at radius 3 is 2.86 bits per heavy atom. The summed E-state index contributed by atoms with van der Waals surface area (Å²) in [7, 11) is 0. The fourth-order valence-electron chi connectivity index (χ4n) is 2.48. The number of hydrogen-bond acceptors (Lipinski definition) is 4. The van der Waals surface area contributed by atoms with Crippen LogP contribution >= 0.6 is 11.6 Å². The van der Waals surface area contributed by atoms with Crippen LogP contribution in [0.3, 0.4) is 0 Å². The van der Waals surface area contributed by atoms with Gasteiger partial charge in [-0.3, -0.25) is 9.59 Å². The molecule has 1 aliphatic rings. The van der Waals surface area contributed by atoms with Gasteiger partial charge in [0.25, 0.3) is 0 Å². The van der Waals surface area contributed by atoms with E-state index >= 15 is 0 Å². The third-order valence-electron chi connectivity index (χ3n) is 3.40. The molecule has 2 atom stereocenters. The highest BCUT2D eigenvalue weighted by atomic mass is 35.5. The number of rotatable bonds is 4. The van der Waals surface area contributed by atoms with Crippen molar-refractivity contribution >= 4 is 29.0 Å². The lowest BCUT2D eigenvalue weighted by Crippen LogP contribution is -2.34.